The van der Waals surface area contributed by atoms with Crippen LogP contribution in [0.3, 0.4) is 0 Å². The molecule has 23 heavy (non-hydrogen) atoms. The van der Waals surface area contributed by atoms with Crippen molar-refractivity contribution in [2.45, 2.75) is 89.9 Å². The van der Waals surface area contributed by atoms with Gasteiger partial charge in [0.1, 0.15) is 0 Å². The highest BCUT2D eigenvalue weighted by atomic mass is 14.4. The molecule has 0 N–H and O–H groups in total. The number of benzene rings is 1. The fourth-order valence-corrected chi connectivity index (χ4v) is 4.99. The summed E-state index contributed by atoms with van der Waals surface area (Å²) in [5.41, 5.74) is 1.58. The normalized spacial score (nSPS) is 27.2. The highest BCUT2D eigenvalue weighted by molar-refractivity contribution is 5.20. The molecule has 127 valence electrons. The van der Waals surface area contributed by atoms with Crippen LogP contribution in [0.2, 0.25) is 0 Å². The first-order valence-corrected chi connectivity index (χ1v) is 10.3. The standard InChI is InChI=1S/C23H35/c1-2-3-5-8-19-11-13-21(14-12-19)23-17-15-22(16-18-23)20-9-6-4-7-10-20/h4,6-7,9-10,19,22-23H,2-3,5,8,11-18H2,1H3/t22-,23-. The molecule has 2 fully saturated rings. The van der Waals surface area contributed by atoms with Crippen LogP contribution in [-0.4, -0.2) is 0 Å². The zero-order chi connectivity index (χ0) is 15.9. The van der Waals surface area contributed by atoms with Gasteiger partial charge >= 0.3 is 0 Å². The third kappa shape index (κ3) is 4.85. The van der Waals surface area contributed by atoms with E-state index in [2.05, 4.69) is 37.3 Å². The SMILES string of the molecule is CCCCCC1CC[C]([C@H]2CC[C@H](c3ccccc3)CC2)CC1. The Labute approximate surface area is 144 Å². The molecule has 0 atom stereocenters. The molecule has 0 aromatic heterocycles. The van der Waals surface area contributed by atoms with E-state index in [-0.39, 0.29) is 0 Å². The van der Waals surface area contributed by atoms with Gasteiger partial charge in [-0.2, -0.15) is 0 Å². The fraction of sp³-hybridized carbons (Fsp3) is 0.696. The van der Waals surface area contributed by atoms with Crippen LogP contribution in [0.15, 0.2) is 30.3 Å². The molecule has 0 spiro atoms. The zero-order valence-electron chi connectivity index (χ0n) is 15.1. The van der Waals surface area contributed by atoms with E-state index in [0.717, 1.165) is 17.8 Å². The molecule has 3 rings (SSSR count). The molecule has 0 heterocycles. The zero-order valence-corrected chi connectivity index (χ0v) is 15.1. The summed E-state index contributed by atoms with van der Waals surface area (Å²) in [5, 5.41) is 0. The maximum absolute atomic E-state index is 2.33. The molecular formula is C23H35. The van der Waals surface area contributed by atoms with E-state index in [1.807, 2.05) is 5.92 Å². The second kappa shape index (κ2) is 8.90. The number of unbranched alkanes of at least 4 members (excludes halogenated alkanes) is 2. The first-order valence-electron chi connectivity index (χ1n) is 10.3. The van der Waals surface area contributed by atoms with Crippen LogP contribution in [-0.2, 0) is 0 Å². The topological polar surface area (TPSA) is 0 Å². The van der Waals surface area contributed by atoms with E-state index in [1.165, 1.54) is 77.0 Å². The molecular weight excluding hydrogens is 276 g/mol. The summed E-state index contributed by atoms with van der Waals surface area (Å²) < 4.78 is 0. The Kier molecular flexibility index (Phi) is 6.60. The summed E-state index contributed by atoms with van der Waals surface area (Å²) in [6, 6.07) is 11.2. The van der Waals surface area contributed by atoms with Gasteiger partial charge < -0.3 is 0 Å². The van der Waals surface area contributed by atoms with Gasteiger partial charge in [-0.25, -0.2) is 0 Å². The first kappa shape index (κ1) is 17.1. The second-order valence-corrected chi connectivity index (χ2v) is 8.06. The summed E-state index contributed by atoms with van der Waals surface area (Å²) in [7, 11) is 0. The van der Waals surface area contributed by atoms with Crippen molar-refractivity contribution in [3.63, 3.8) is 0 Å². The van der Waals surface area contributed by atoms with Gasteiger partial charge in [0.15, 0.2) is 0 Å². The summed E-state index contributed by atoms with van der Waals surface area (Å²) in [6.45, 7) is 2.32. The van der Waals surface area contributed by atoms with Gasteiger partial charge in [0, 0.05) is 0 Å². The molecule has 0 saturated heterocycles. The number of hydrogen-bond acceptors (Lipinski definition) is 0. The Morgan fingerprint density at radius 3 is 2.09 bits per heavy atom. The van der Waals surface area contributed by atoms with Gasteiger partial charge in [0.05, 0.1) is 0 Å². The van der Waals surface area contributed by atoms with Crippen molar-refractivity contribution < 1.29 is 0 Å². The van der Waals surface area contributed by atoms with Crippen molar-refractivity contribution in [2.75, 3.05) is 0 Å². The van der Waals surface area contributed by atoms with Crippen molar-refractivity contribution in [1.82, 2.24) is 0 Å². The van der Waals surface area contributed by atoms with E-state index in [1.54, 1.807) is 5.56 Å². The Morgan fingerprint density at radius 1 is 0.783 bits per heavy atom. The molecule has 2 aliphatic rings. The predicted molar refractivity (Wildman–Crippen MR) is 100 cm³/mol. The second-order valence-electron chi connectivity index (χ2n) is 8.06. The monoisotopic (exact) mass is 311 g/mol. The predicted octanol–water partition coefficient (Wildman–Crippen LogP) is 7.31. The molecule has 1 aromatic carbocycles. The lowest BCUT2D eigenvalue weighted by Crippen LogP contribution is -2.24. The molecule has 0 aliphatic heterocycles. The van der Waals surface area contributed by atoms with Crippen LogP contribution in [0.5, 0.6) is 0 Å². The lowest BCUT2D eigenvalue weighted by molar-refractivity contribution is 0.263. The van der Waals surface area contributed by atoms with Gasteiger partial charge in [-0.3, -0.25) is 0 Å². The van der Waals surface area contributed by atoms with Gasteiger partial charge in [0.2, 0.25) is 0 Å². The smallest absolute Gasteiger partial charge is 0.0162 e. The highest BCUT2D eigenvalue weighted by Crippen LogP contribution is 2.45. The summed E-state index contributed by atoms with van der Waals surface area (Å²) in [5.74, 6) is 4.79. The van der Waals surface area contributed by atoms with Crippen molar-refractivity contribution in [3.05, 3.63) is 41.8 Å². The average molecular weight is 312 g/mol. The molecule has 0 amide bonds. The summed E-state index contributed by atoms with van der Waals surface area (Å²) in [6.07, 6.45) is 17.4. The van der Waals surface area contributed by atoms with E-state index < -0.39 is 0 Å². The largest absolute Gasteiger partial charge is 0.0654 e. The fourth-order valence-electron chi connectivity index (χ4n) is 4.99. The highest BCUT2D eigenvalue weighted by Gasteiger charge is 2.31. The molecule has 1 aromatic rings. The Morgan fingerprint density at radius 2 is 1.43 bits per heavy atom. The quantitative estimate of drug-likeness (QED) is 0.483. The summed E-state index contributed by atoms with van der Waals surface area (Å²) in [4.78, 5) is 0. The third-order valence-corrected chi connectivity index (χ3v) is 6.54. The molecule has 0 unspecified atom stereocenters. The minimum Gasteiger partial charge on any atom is -0.0654 e. The molecule has 1 radical (unpaired) electrons. The van der Waals surface area contributed by atoms with E-state index in [9.17, 15) is 0 Å². The van der Waals surface area contributed by atoms with E-state index in [0.29, 0.717) is 0 Å². The van der Waals surface area contributed by atoms with Crippen molar-refractivity contribution in [3.8, 4) is 0 Å². The number of rotatable bonds is 6. The van der Waals surface area contributed by atoms with E-state index in [4.69, 9.17) is 0 Å². The molecule has 2 saturated carbocycles. The van der Waals surface area contributed by atoms with Crippen LogP contribution in [0.1, 0.15) is 95.5 Å². The van der Waals surface area contributed by atoms with Gasteiger partial charge in [0.25, 0.3) is 0 Å². The third-order valence-electron chi connectivity index (χ3n) is 6.54. The van der Waals surface area contributed by atoms with Crippen molar-refractivity contribution in [2.24, 2.45) is 11.8 Å². The van der Waals surface area contributed by atoms with Crippen LogP contribution in [0, 0.1) is 17.8 Å². The van der Waals surface area contributed by atoms with Gasteiger partial charge in [-0.05, 0) is 80.6 Å². The maximum atomic E-state index is 2.33. The minimum absolute atomic E-state index is 0.832. The number of hydrogen-bond donors (Lipinski definition) is 0. The Hall–Kier alpha value is -0.780. The van der Waals surface area contributed by atoms with Crippen LogP contribution in [0.25, 0.3) is 0 Å². The van der Waals surface area contributed by atoms with Gasteiger partial charge in [-0.15, -0.1) is 0 Å². The molecule has 0 heteroatoms. The lowest BCUT2D eigenvalue weighted by atomic mass is 9.68. The minimum atomic E-state index is 0.832. The molecule has 0 bridgehead atoms. The van der Waals surface area contributed by atoms with Crippen LogP contribution in [0.4, 0.5) is 0 Å². The first-order chi connectivity index (χ1) is 11.4. The molecule has 0 nitrogen and oxygen atoms in total. The van der Waals surface area contributed by atoms with Crippen molar-refractivity contribution >= 4 is 0 Å². The average Bonchev–Trinajstić information content (AvgIpc) is 2.63. The maximum Gasteiger partial charge on any atom is -0.0162 e. The van der Waals surface area contributed by atoms with Crippen LogP contribution >= 0.6 is 0 Å². The van der Waals surface area contributed by atoms with E-state index >= 15 is 0 Å². The summed E-state index contributed by atoms with van der Waals surface area (Å²) >= 11 is 0. The Bertz CT molecular complexity index is 419. The molecule has 2 aliphatic carbocycles. The van der Waals surface area contributed by atoms with Crippen molar-refractivity contribution in [1.29, 1.82) is 0 Å². The van der Waals surface area contributed by atoms with Gasteiger partial charge in [-0.1, -0.05) is 62.9 Å². The Balaban J connectivity index is 1.39. The van der Waals surface area contributed by atoms with Crippen LogP contribution < -0.4 is 0 Å². The lowest BCUT2D eigenvalue weighted by Gasteiger charge is -2.37.